The Morgan fingerprint density at radius 3 is 2.31 bits per heavy atom. The highest BCUT2D eigenvalue weighted by Crippen LogP contribution is 2.64. The summed E-state index contributed by atoms with van der Waals surface area (Å²) in [5.41, 5.74) is 2.87. The van der Waals surface area contributed by atoms with Crippen LogP contribution in [0.3, 0.4) is 0 Å². The summed E-state index contributed by atoms with van der Waals surface area (Å²) in [6.45, 7) is 0. The predicted octanol–water partition coefficient (Wildman–Crippen LogP) is 6.30. The van der Waals surface area contributed by atoms with E-state index in [2.05, 4.69) is 5.43 Å². The van der Waals surface area contributed by atoms with Crippen LogP contribution in [0.2, 0.25) is 10.0 Å². The molecule has 0 aromatic heterocycles. The average Bonchev–Trinajstić information content (AvgIpc) is 3.53. The van der Waals surface area contributed by atoms with Crippen molar-refractivity contribution in [3.05, 3.63) is 123 Å². The number of hydrogen-bond acceptors (Lipinski definition) is 9. The zero-order valence-electron chi connectivity index (χ0n) is 28.4. The standard InChI is InChI=1S/C40H31Cl2N3O9/c1-54-24-9-5-20(6-10-24)40-29(36(49)45(39(40)53)43-31-14-7-21(41)16-30(31)42)18-28-25(34(40)19-3-2-4-23(46)15-19)12-13-27-33(28)37(50)44(35(27)48)22-8-11-26(38(51)52)32(47)17-22/h2-12,14-17,27-29,33-34,43,46-47H,13,18H2,1H3,(H,51,52)/t27-,28+,29-,33-,34-,40+/m0/s1. The first-order chi connectivity index (χ1) is 25.9. The summed E-state index contributed by atoms with van der Waals surface area (Å²) >= 11 is 12.6. The van der Waals surface area contributed by atoms with Crippen LogP contribution in [0, 0.1) is 23.7 Å². The van der Waals surface area contributed by atoms with E-state index in [0.29, 0.717) is 27.5 Å². The number of imide groups is 2. The number of nitrogens with zero attached hydrogens (tertiary/aromatic N) is 2. The molecule has 2 heterocycles. The Morgan fingerprint density at radius 1 is 0.889 bits per heavy atom. The number of carbonyl (C=O) groups is 5. The molecule has 2 aliphatic carbocycles. The molecule has 4 N–H and O–H groups in total. The number of aromatic hydroxyl groups is 2. The van der Waals surface area contributed by atoms with Crippen LogP contribution in [0.25, 0.3) is 0 Å². The normalized spacial score (nSPS) is 25.9. The molecule has 8 rings (SSSR count). The van der Waals surface area contributed by atoms with Crippen molar-refractivity contribution >= 4 is 64.2 Å². The number of phenolic OH excluding ortho intramolecular Hbond substituents is 1. The Bertz CT molecular complexity index is 2330. The first kappa shape index (κ1) is 35.2. The van der Waals surface area contributed by atoms with Gasteiger partial charge in [0.15, 0.2) is 0 Å². The molecule has 54 heavy (non-hydrogen) atoms. The van der Waals surface area contributed by atoms with Gasteiger partial charge in [0.1, 0.15) is 22.8 Å². The zero-order valence-corrected chi connectivity index (χ0v) is 29.9. The Hall–Kier alpha value is -5.85. The van der Waals surface area contributed by atoms with Crippen LogP contribution in [0.5, 0.6) is 17.2 Å². The van der Waals surface area contributed by atoms with Gasteiger partial charge in [-0.25, -0.2) is 9.69 Å². The van der Waals surface area contributed by atoms with E-state index in [1.807, 2.05) is 6.08 Å². The van der Waals surface area contributed by atoms with Crippen molar-refractivity contribution in [2.75, 3.05) is 17.4 Å². The summed E-state index contributed by atoms with van der Waals surface area (Å²) in [5.74, 6) is -8.30. The van der Waals surface area contributed by atoms with Gasteiger partial charge in [0.05, 0.1) is 46.7 Å². The molecule has 0 spiro atoms. The number of methoxy groups -OCH3 is 1. The molecule has 0 bridgehead atoms. The lowest BCUT2D eigenvalue weighted by atomic mass is 9.49. The fourth-order valence-electron chi connectivity index (χ4n) is 9.02. The summed E-state index contributed by atoms with van der Waals surface area (Å²) in [4.78, 5) is 71.2. The number of carboxylic acid groups (broad SMARTS) is 1. The highest BCUT2D eigenvalue weighted by atomic mass is 35.5. The van der Waals surface area contributed by atoms with Crippen LogP contribution in [0.4, 0.5) is 11.4 Å². The van der Waals surface area contributed by atoms with Crippen molar-refractivity contribution in [2.45, 2.75) is 24.2 Å². The summed E-state index contributed by atoms with van der Waals surface area (Å²) in [5, 5.41) is 32.1. The molecule has 6 atom stereocenters. The van der Waals surface area contributed by atoms with Crippen molar-refractivity contribution < 1.29 is 44.0 Å². The number of anilines is 2. The number of nitrogens with one attached hydrogen (secondary N) is 1. The largest absolute Gasteiger partial charge is 0.508 e. The molecule has 4 aliphatic rings. The van der Waals surface area contributed by atoms with E-state index in [0.717, 1.165) is 22.0 Å². The zero-order chi connectivity index (χ0) is 38.2. The highest BCUT2D eigenvalue weighted by molar-refractivity contribution is 6.36. The van der Waals surface area contributed by atoms with E-state index < -0.39 is 75.9 Å². The van der Waals surface area contributed by atoms with Gasteiger partial charge in [0.2, 0.25) is 11.8 Å². The van der Waals surface area contributed by atoms with E-state index >= 15 is 4.79 Å². The van der Waals surface area contributed by atoms with Crippen LogP contribution in [0.1, 0.15) is 40.2 Å². The third kappa shape index (κ3) is 5.15. The molecular weight excluding hydrogens is 737 g/mol. The van der Waals surface area contributed by atoms with E-state index in [9.17, 15) is 34.5 Å². The molecule has 3 fully saturated rings. The number of allylic oxidation sites excluding steroid dienone is 2. The van der Waals surface area contributed by atoms with Gasteiger partial charge in [-0.1, -0.05) is 59.1 Å². The number of hydrogen-bond donors (Lipinski definition) is 4. The number of phenols is 2. The quantitative estimate of drug-likeness (QED) is 0.123. The van der Waals surface area contributed by atoms with Gasteiger partial charge in [-0.15, -0.1) is 0 Å². The maximum absolute atomic E-state index is 15.3. The lowest BCUT2D eigenvalue weighted by Gasteiger charge is -2.50. The predicted molar refractivity (Wildman–Crippen MR) is 196 cm³/mol. The number of amides is 4. The lowest BCUT2D eigenvalue weighted by molar-refractivity contribution is -0.138. The summed E-state index contributed by atoms with van der Waals surface area (Å²) in [6.07, 6.45) is 1.99. The number of halogens is 2. The Kier molecular flexibility index (Phi) is 8.42. The molecule has 274 valence electrons. The van der Waals surface area contributed by atoms with Gasteiger partial charge >= 0.3 is 5.97 Å². The summed E-state index contributed by atoms with van der Waals surface area (Å²) in [6, 6.07) is 21.4. The first-order valence-electron chi connectivity index (χ1n) is 17.0. The molecule has 12 nitrogen and oxygen atoms in total. The fraction of sp³-hybridized carbons (Fsp3) is 0.225. The van der Waals surface area contributed by atoms with E-state index in [1.54, 1.807) is 48.5 Å². The van der Waals surface area contributed by atoms with Gasteiger partial charge in [-0.05, 0) is 84.5 Å². The number of ether oxygens (including phenoxy) is 1. The summed E-state index contributed by atoms with van der Waals surface area (Å²) < 4.78 is 5.43. The minimum atomic E-state index is -1.61. The number of hydrazine groups is 1. The minimum absolute atomic E-state index is 0.00150. The van der Waals surface area contributed by atoms with Crippen molar-refractivity contribution in [3.8, 4) is 17.2 Å². The smallest absolute Gasteiger partial charge is 0.339 e. The summed E-state index contributed by atoms with van der Waals surface area (Å²) in [7, 11) is 1.51. The van der Waals surface area contributed by atoms with Crippen molar-refractivity contribution in [2.24, 2.45) is 23.7 Å². The number of carboxylic acids is 1. The SMILES string of the molecule is COc1ccc([C@@]23C(=O)N(Nc4ccc(Cl)cc4Cl)C(=O)[C@@H]2C[C@@H]2C(=CC[C@@H]4C(=O)N(c5ccc(C(=O)O)c(O)c5)C(=O)[C@@H]42)[C@@H]3c2cccc(O)c2)cc1. The van der Waals surface area contributed by atoms with Crippen LogP contribution in [-0.4, -0.2) is 57.0 Å². The average molecular weight is 769 g/mol. The third-order valence-electron chi connectivity index (χ3n) is 11.3. The Labute approximate surface area is 318 Å². The van der Waals surface area contributed by atoms with E-state index in [-0.39, 0.29) is 35.0 Å². The van der Waals surface area contributed by atoms with Gasteiger partial charge in [0.25, 0.3) is 11.8 Å². The molecule has 4 aromatic carbocycles. The van der Waals surface area contributed by atoms with Gasteiger partial charge in [0, 0.05) is 17.0 Å². The van der Waals surface area contributed by atoms with Crippen molar-refractivity contribution in [1.29, 1.82) is 0 Å². The maximum Gasteiger partial charge on any atom is 0.339 e. The van der Waals surface area contributed by atoms with Crippen LogP contribution in [0.15, 0.2) is 96.6 Å². The van der Waals surface area contributed by atoms with Crippen LogP contribution >= 0.6 is 23.2 Å². The van der Waals surface area contributed by atoms with E-state index in [1.165, 1.54) is 31.4 Å². The highest BCUT2D eigenvalue weighted by Gasteiger charge is 2.70. The fourth-order valence-corrected chi connectivity index (χ4v) is 9.47. The van der Waals surface area contributed by atoms with Gasteiger partial charge < -0.3 is 20.1 Å². The second kappa shape index (κ2) is 12.9. The second-order valence-corrected chi connectivity index (χ2v) is 14.7. The third-order valence-corrected chi connectivity index (χ3v) is 11.8. The number of rotatable bonds is 7. The molecular formula is C40H31Cl2N3O9. The number of aromatic carboxylic acids is 1. The number of benzene rings is 4. The molecule has 2 saturated heterocycles. The number of carbonyl (C=O) groups excluding carboxylic acids is 4. The molecule has 0 unspecified atom stereocenters. The molecule has 4 aromatic rings. The van der Waals surface area contributed by atoms with Crippen molar-refractivity contribution in [3.63, 3.8) is 0 Å². The van der Waals surface area contributed by atoms with Crippen LogP contribution in [-0.2, 0) is 24.6 Å². The minimum Gasteiger partial charge on any atom is -0.508 e. The van der Waals surface area contributed by atoms with E-state index in [4.69, 9.17) is 27.9 Å². The first-order valence-corrected chi connectivity index (χ1v) is 17.8. The maximum atomic E-state index is 15.3. The molecule has 1 saturated carbocycles. The number of fused-ring (bicyclic) bond motifs is 4. The molecule has 14 heteroatoms. The second-order valence-electron chi connectivity index (χ2n) is 13.8. The van der Waals surface area contributed by atoms with Crippen LogP contribution < -0.4 is 15.1 Å². The van der Waals surface area contributed by atoms with Gasteiger partial charge in [-0.3, -0.25) is 24.6 Å². The lowest BCUT2D eigenvalue weighted by Crippen LogP contribution is -2.53. The molecule has 2 aliphatic heterocycles. The Morgan fingerprint density at radius 2 is 1.65 bits per heavy atom. The molecule has 0 radical (unpaired) electrons. The Balaban J connectivity index is 1.30. The topological polar surface area (TPSA) is 174 Å². The van der Waals surface area contributed by atoms with Gasteiger partial charge in [-0.2, -0.15) is 5.01 Å². The van der Waals surface area contributed by atoms with Crippen molar-refractivity contribution in [1.82, 2.24) is 5.01 Å². The molecule has 4 amide bonds. The monoisotopic (exact) mass is 767 g/mol.